The Morgan fingerprint density at radius 2 is 1.96 bits per heavy atom. The molecule has 27 heavy (non-hydrogen) atoms. The average Bonchev–Trinajstić information content (AvgIpc) is 2.86. The van der Waals surface area contributed by atoms with Crippen molar-refractivity contribution in [1.29, 1.82) is 0 Å². The van der Waals surface area contributed by atoms with Gasteiger partial charge in [0.25, 0.3) is 0 Å². The quantitative estimate of drug-likeness (QED) is 0.585. The Kier molecular flexibility index (Phi) is 7.16. The highest BCUT2D eigenvalue weighted by atomic mass is 35.5. The zero-order valence-electron chi connectivity index (χ0n) is 15.9. The number of benzene rings is 1. The Hall–Kier alpha value is -2.18. The number of aryl methyl sites for hydroxylation is 2. The SMILES string of the molecule is CC=Cc1c(C)nn(C)c1Oc1cc(OC(C)C(=O)OCC)c(Cl)cc1Cl. The summed E-state index contributed by atoms with van der Waals surface area (Å²) in [5.41, 5.74) is 1.66. The fourth-order valence-corrected chi connectivity index (χ4v) is 2.88. The molecule has 0 amide bonds. The molecule has 146 valence electrons. The maximum Gasteiger partial charge on any atom is 0.347 e. The van der Waals surface area contributed by atoms with Crippen molar-refractivity contribution in [3.05, 3.63) is 39.5 Å². The van der Waals surface area contributed by atoms with Crippen molar-refractivity contribution in [3.8, 4) is 17.4 Å². The summed E-state index contributed by atoms with van der Waals surface area (Å²) in [5, 5.41) is 4.94. The van der Waals surface area contributed by atoms with Crippen LogP contribution in [0.3, 0.4) is 0 Å². The monoisotopic (exact) mass is 412 g/mol. The Morgan fingerprint density at radius 1 is 1.30 bits per heavy atom. The number of esters is 1. The van der Waals surface area contributed by atoms with E-state index in [-0.39, 0.29) is 17.4 Å². The van der Waals surface area contributed by atoms with E-state index in [4.69, 9.17) is 37.4 Å². The Balaban J connectivity index is 2.35. The van der Waals surface area contributed by atoms with E-state index < -0.39 is 12.1 Å². The van der Waals surface area contributed by atoms with Crippen LogP contribution in [-0.2, 0) is 16.6 Å². The van der Waals surface area contributed by atoms with Gasteiger partial charge in [-0.2, -0.15) is 5.10 Å². The molecule has 0 fully saturated rings. The largest absolute Gasteiger partial charge is 0.477 e. The van der Waals surface area contributed by atoms with Gasteiger partial charge in [0.05, 0.1) is 27.9 Å². The third-order valence-electron chi connectivity index (χ3n) is 3.66. The van der Waals surface area contributed by atoms with Crippen LogP contribution in [-0.4, -0.2) is 28.5 Å². The first kappa shape index (κ1) is 21.1. The summed E-state index contributed by atoms with van der Waals surface area (Å²) in [4.78, 5) is 11.8. The van der Waals surface area contributed by atoms with Crippen molar-refractivity contribution < 1.29 is 19.0 Å². The fourth-order valence-electron chi connectivity index (χ4n) is 2.41. The number of carbonyl (C=O) groups is 1. The molecule has 0 radical (unpaired) electrons. The van der Waals surface area contributed by atoms with Crippen molar-refractivity contribution >= 4 is 35.2 Å². The third kappa shape index (κ3) is 4.96. The summed E-state index contributed by atoms with van der Waals surface area (Å²) >= 11 is 12.5. The molecular weight excluding hydrogens is 391 g/mol. The molecule has 0 aliphatic rings. The molecule has 0 saturated heterocycles. The summed E-state index contributed by atoms with van der Waals surface area (Å²) in [6, 6.07) is 3.05. The van der Waals surface area contributed by atoms with Crippen molar-refractivity contribution in [2.24, 2.45) is 7.05 Å². The van der Waals surface area contributed by atoms with Gasteiger partial charge in [-0.1, -0.05) is 35.4 Å². The lowest BCUT2D eigenvalue weighted by atomic mass is 10.2. The lowest BCUT2D eigenvalue weighted by molar-refractivity contribution is -0.150. The summed E-state index contributed by atoms with van der Waals surface area (Å²) in [6.45, 7) is 7.38. The van der Waals surface area contributed by atoms with Gasteiger partial charge in [-0.25, -0.2) is 9.48 Å². The van der Waals surface area contributed by atoms with Crippen LogP contribution in [0.1, 0.15) is 32.0 Å². The van der Waals surface area contributed by atoms with Crippen LogP contribution < -0.4 is 9.47 Å². The Morgan fingerprint density at radius 3 is 2.59 bits per heavy atom. The lowest BCUT2D eigenvalue weighted by Gasteiger charge is -2.16. The lowest BCUT2D eigenvalue weighted by Crippen LogP contribution is -2.26. The highest BCUT2D eigenvalue weighted by Gasteiger charge is 2.20. The molecule has 0 saturated carbocycles. The number of halogens is 2. The number of aromatic nitrogens is 2. The van der Waals surface area contributed by atoms with Gasteiger partial charge < -0.3 is 14.2 Å². The van der Waals surface area contributed by atoms with Crippen molar-refractivity contribution in [3.63, 3.8) is 0 Å². The maximum absolute atomic E-state index is 11.8. The van der Waals surface area contributed by atoms with Crippen LogP contribution >= 0.6 is 23.2 Å². The first-order valence-electron chi connectivity index (χ1n) is 8.44. The second-order valence-corrected chi connectivity index (χ2v) is 6.57. The van der Waals surface area contributed by atoms with Crippen LogP contribution in [0.15, 0.2) is 18.2 Å². The van der Waals surface area contributed by atoms with Crippen LogP contribution in [0.2, 0.25) is 10.0 Å². The minimum atomic E-state index is -0.825. The highest BCUT2D eigenvalue weighted by molar-refractivity contribution is 6.36. The zero-order chi connectivity index (χ0) is 20.1. The normalized spacial score (nSPS) is 12.3. The molecule has 8 heteroatoms. The highest BCUT2D eigenvalue weighted by Crippen LogP contribution is 2.39. The molecule has 2 rings (SSSR count). The smallest absolute Gasteiger partial charge is 0.347 e. The summed E-state index contributed by atoms with van der Waals surface area (Å²) in [5.74, 6) is 0.645. The molecule has 0 spiro atoms. The molecule has 2 aromatic rings. The van der Waals surface area contributed by atoms with Gasteiger partial charge in [0.2, 0.25) is 5.88 Å². The van der Waals surface area contributed by atoms with Gasteiger partial charge in [-0.15, -0.1) is 0 Å². The van der Waals surface area contributed by atoms with E-state index in [1.165, 1.54) is 6.07 Å². The predicted molar refractivity (Wildman–Crippen MR) is 106 cm³/mol. The molecular formula is C19H22Cl2N2O4. The van der Waals surface area contributed by atoms with Crippen LogP contribution in [0, 0.1) is 6.92 Å². The van der Waals surface area contributed by atoms with Crippen LogP contribution in [0.5, 0.6) is 17.4 Å². The second-order valence-electron chi connectivity index (χ2n) is 5.76. The third-order valence-corrected chi connectivity index (χ3v) is 4.25. The number of hydrogen-bond acceptors (Lipinski definition) is 5. The summed E-state index contributed by atoms with van der Waals surface area (Å²) in [6.07, 6.45) is 2.98. The minimum absolute atomic E-state index is 0.262. The molecule has 1 aromatic heterocycles. The van der Waals surface area contributed by atoms with E-state index in [2.05, 4.69) is 5.10 Å². The van der Waals surface area contributed by atoms with Crippen LogP contribution in [0.25, 0.3) is 6.08 Å². The van der Waals surface area contributed by atoms with Crippen LogP contribution in [0.4, 0.5) is 0 Å². The molecule has 1 unspecified atom stereocenters. The topological polar surface area (TPSA) is 62.6 Å². The number of carbonyl (C=O) groups excluding carboxylic acids is 1. The molecule has 0 bridgehead atoms. The molecule has 6 nitrogen and oxygen atoms in total. The molecule has 0 aliphatic carbocycles. The Bertz CT molecular complexity index is 862. The number of allylic oxidation sites excluding steroid dienone is 1. The van der Waals surface area contributed by atoms with Gasteiger partial charge in [0, 0.05) is 13.1 Å². The zero-order valence-corrected chi connectivity index (χ0v) is 17.4. The molecule has 0 aliphatic heterocycles. The van der Waals surface area contributed by atoms with Gasteiger partial charge in [0.1, 0.15) is 5.75 Å². The predicted octanol–water partition coefficient (Wildman–Crippen LogP) is 5.19. The molecule has 1 atom stereocenters. The van der Waals surface area contributed by atoms with Crippen molar-refractivity contribution in [1.82, 2.24) is 9.78 Å². The molecule has 1 heterocycles. The van der Waals surface area contributed by atoms with Gasteiger partial charge >= 0.3 is 5.97 Å². The average molecular weight is 413 g/mol. The molecule has 0 N–H and O–H groups in total. The van der Waals surface area contributed by atoms with E-state index in [1.807, 2.05) is 26.0 Å². The van der Waals surface area contributed by atoms with Crippen molar-refractivity contribution in [2.75, 3.05) is 6.61 Å². The standard InChI is InChI=1S/C19H22Cl2N2O4/c1-6-8-13-11(3)22-23(5)18(13)27-17-10-16(14(20)9-15(17)21)26-12(4)19(24)25-7-2/h6,8-10,12H,7H2,1-5H3. The van der Waals surface area contributed by atoms with Gasteiger partial charge in [0.15, 0.2) is 11.9 Å². The summed E-state index contributed by atoms with van der Waals surface area (Å²) < 4.78 is 18.2. The first-order valence-corrected chi connectivity index (χ1v) is 9.20. The van der Waals surface area contributed by atoms with E-state index >= 15 is 0 Å². The number of hydrogen-bond donors (Lipinski definition) is 0. The summed E-state index contributed by atoms with van der Waals surface area (Å²) in [7, 11) is 1.78. The first-order chi connectivity index (χ1) is 12.8. The van der Waals surface area contributed by atoms with E-state index in [1.54, 1.807) is 31.6 Å². The van der Waals surface area contributed by atoms with Gasteiger partial charge in [-0.3, -0.25) is 0 Å². The number of ether oxygens (including phenoxy) is 3. The Labute approximate surface area is 168 Å². The maximum atomic E-state index is 11.8. The van der Waals surface area contributed by atoms with E-state index in [0.29, 0.717) is 16.7 Å². The minimum Gasteiger partial charge on any atom is -0.477 e. The van der Waals surface area contributed by atoms with E-state index in [9.17, 15) is 4.79 Å². The number of rotatable bonds is 7. The number of nitrogens with zero attached hydrogens (tertiary/aromatic N) is 2. The van der Waals surface area contributed by atoms with Crippen molar-refractivity contribution in [2.45, 2.75) is 33.8 Å². The second kappa shape index (κ2) is 9.15. The fraction of sp³-hybridized carbons (Fsp3) is 0.368. The molecule has 1 aromatic carbocycles. The van der Waals surface area contributed by atoms with E-state index in [0.717, 1.165) is 11.3 Å². The van der Waals surface area contributed by atoms with Gasteiger partial charge in [-0.05, 0) is 33.8 Å².